The van der Waals surface area contributed by atoms with Crippen molar-refractivity contribution in [3.05, 3.63) is 61.8 Å². The van der Waals surface area contributed by atoms with Gasteiger partial charge in [0.25, 0.3) is 0 Å². The van der Waals surface area contributed by atoms with Crippen molar-refractivity contribution in [2.45, 2.75) is 20.4 Å². The van der Waals surface area contributed by atoms with Gasteiger partial charge in [0.1, 0.15) is 5.82 Å². The smallest absolute Gasteiger partial charge is 0.107 e. The molecular formula is C16H13BrCl2N2. The minimum atomic E-state index is 0.648. The normalized spacial score (nSPS) is 11.3. The lowest BCUT2D eigenvalue weighted by Gasteiger charge is -2.09. The summed E-state index contributed by atoms with van der Waals surface area (Å²) in [5, 5.41) is 1.32. The maximum Gasteiger partial charge on any atom is 0.107 e. The summed E-state index contributed by atoms with van der Waals surface area (Å²) in [6.07, 6.45) is 0. The molecule has 0 aliphatic rings. The molecule has 0 unspecified atom stereocenters. The second-order valence-electron chi connectivity index (χ2n) is 5.07. The minimum absolute atomic E-state index is 0.648. The van der Waals surface area contributed by atoms with E-state index in [0.29, 0.717) is 16.6 Å². The monoisotopic (exact) mass is 382 g/mol. The molecule has 0 fully saturated rings. The molecule has 0 N–H and O–H groups in total. The second-order valence-corrected chi connectivity index (χ2v) is 6.83. The van der Waals surface area contributed by atoms with Gasteiger partial charge >= 0.3 is 0 Å². The van der Waals surface area contributed by atoms with Crippen LogP contribution in [0.25, 0.3) is 11.0 Å². The number of halogens is 3. The van der Waals surface area contributed by atoms with Gasteiger partial charge in [0.2, 0.25) is 0 Å². The Kier molecular flexibility index (Phi) is 4.00. The predicted octanol–water partition coefficient (Wildman–Crippen LogP) is 5.77. The van der Waals surface area contributed by atoms with Crippen molar-refractivity contribution >= 4 is 50.2 Å². The van der Waals surface area contributed by atoms with Crippen LogP contribution < -0.4 is 0 Å². The van der Waals surface area contributed by atoms with Crippen LogP contribution in [0.15, 0.2) is 34.8 Å². The van der Waals surface area contributed by atoms with Crippen LogP contribution in [0, 0.1) is 13.8 Å². The first-order valence-corrected chi connectivity index (χ1v) is 8.07. The standard InChI is InChI=1S/C16H13BrCl2N2/c1-9-5-12(17)6-15-16(9)20-10(2)21(15)8-11-3-4-13(18)7-14(11)19/h3-7H,8H2,1-2H3. The van der Waals surface area contributed by atoms with E-state index in [1.807, 2.05) is 19.1 Å². The van der Waals surface area contributed by atoms with E-state index >= 15 is 0 Å². The van der Waals surface area contributed by atoms with Gasteiger partial charge in [0, 0.05) is 14.5 Å². The maximum absolute atomic E-state index is 6.29. The van der Waals surface area contributed by atoms with Crippen LogP contribution >= 0.6 is 39.1 Å². The molecule has 5 heteroatoms. The summed E-state index contributed by atoms with van der Waals surface area (Å²) in [5.74, 6) is 0.970. The van der Waals surface area contributed by atoms with Gasteiger partial charge in [-0.05, 0) is 49.2 Å². The minimum Gasteiger partial charge on any atom is -0.324 e. The molecule has 0 saturated heterocycles. The lowest BCUT2D eigenvalue weighted by atomic mass is 10.2. The van der Waals surface area contributed by atoms with Gasteiger partial charge in [0.15, 0.2) is 0 Å². The first-order chi connectivity index (χ1) is 9.95. The van der Waals surface area contributed by atoms with Gasteiger partial charge in [-0.25, -0.2) is 4.98 Å². The van der Waals surface area contributed by atoms with Gasteiger partial charge in [-0.2, -0.15) is 0 Å². The largest absolute Gasteiger partial charge is 0.324 e. The van der Waals surface area contributed by atoms with Gasteiger partial charge in [-0.1, -0.05) is 45.2 Å². The van der Waals surface area contributed by atoms with E-state index in [9.17, 15) is 0 Å². The Hall–Kier alpha value is -1.03. The molecule has 2 nitrogen and oxygen atoms in total. The molecule has 0 bridgehead atoms. The van der Waals surface area contributed by atoms with E-state index in [0.717, 1.165) is 32.5 Å². The summed E-state index contributed by atoms with van der Waals surface area (Å²) in [7, 11) is 0. The molecule has 1 heterocycles. The molecule has 0 amide bonds. The van der Waals surface area contributed by atoms with Crippen molar-refractivity contribution < 1.29 is 0 Å². The molecule has 108 valence electrons. The number of aryl methyl sites for hydroxylation is 2. The molecule has 0 aliphatic carbocycles. The van der Waals surface area contributed by atoms with E-state index in [1.54, 1.807) is 6.07 Å². The van der Waals surface area contributed by atoms with E-state index in [4.69, 9.17) is 23.2 Å². The van der Waals surface area contributed by atoms with E-state index in [2.05, 4.69) is 44.5 Å². The van der Waals surface area contributed by atoms with Gasteiger partial charge < -0.3 is 4.57 Å². The summed E-state index contributed by atoms with van der Waals surface area (Å²) in [4.78, 5) is 4.67. The molecule has 1 aromatic heterocycles. The third-order valence-corrected chi connectivity index (χ3v) is 4.59. The van der Waals surface area contributed by atoms with Crippen LogP contribution in [-0.2, 0) is 6.54 Å². The average molecular weight is 384 g/mol. The molecule has 0 saturated carbocycles. The molecule has 0 spiro atoms. The first kappa shape index (κ1) is 14.9. The number of benzene rings is 2. The summed E-state index contributed by atoms with van der Waals surface area (Å²) in [6.45, 7) is 4.75. The molecule has 0 atom stereocenters. The Labute approximate surface area is 141 Å². The third kappa shape index (κ3) is 2.83. The van der Waals surface area contributed by atoms with Crippen molar-refractivity contribution in [2.24, 2.45) is 0 Å². The summed E-state index contributed by atoms with van der Waals surface area (Å²) < 4.78 is 3.22. The number of hydrogen-bond acceptors (Lipinski definition) is 1. The molecule has 21 heavy (non-hydrogen) atoms. The van der Waals surface area contributed by atoms with Crippen LogP contribution in [0.4, 0.5) is 0 Å². The van der Waals surface area contributed by atoms with Crippen molar-refractivity contribution in [1.82, 2.24) is 9.55 Å². The second kappa shape index (κ2) is 5.64. The van der Waals surface area contributed by atoms with Crippen molar-refractivity contribution in [2.75, 3.05) is 0 Å². The molecule has 2 aromatic carbocycles. The van der Waals surface area contributed by atoms with Crippen LogP contribution in [0.3, 0.4) is 0 Å². The SMILES string of the molecule is Cc1cc(Br)cc2c1nc(C)n2Cc1ccc(Cl)cc1Cl. The van der Waals surface area contributed by atoms with E-state index < -0.39 is 0 Å². The quantitative estimate of drug-likeness (QED) is 0.549. The highest BCUT2D eigenvalue weighted by Gasteiger charge is 2.12. The van der Waals surface area contributed by atoms with Gasteiger partial charge in [-0.15, -0.1) is 0 Å². The zero-order valence-electron chi connectivity index (χ0n) is 11.6. The zero-order chi connectivity index (χ0) is 15.1. The van der Waals surface area contributed by atoms with Crippen LogP contribution in [-0.4, -0.2) is 9.55 Å². The molecule has 3 aromatic rings. The number of fused-ring (bicyclic) bond motifs is 1. The van der Waals surface area contributed by atoms with Crippen LogP contribution in [0.5, 0.6) is 0 Å². The van der Waals surface area contributed by atoms with Crippen molar-refractivity contribution in [1.29, 1.82) is 0 Å². The number of imidazole rings is 1. The zero-order valence-corrected chi connectivity index (χ0v) is 14.7. The van der Waals surface area contributed by atoms with E-state index in [-0.39, 0.29) is 0 Å². The Bertz CT molecular complexity index is 840. The fourth-order valence-corrected chi connectivity index (χ4v) is 3.51. The Morgan fingerprint density at radius 1 is 1.14 bits per heavy atom. The molecule has 3 rings (SSSR count). The van der Waals surface area contributed by atoms with Gasteiger partial charge in [0.05, 0.1) is 17.6 Å². The number of hydrogen-bond donors (Lipinski definition) is 0. The summed E-state index contributed by atoms with van der Waals surface area (Å²) >= 11 is 15.8. The Morgan fingerprint density at radius 3 is 2.62 bits per heavy atom. The lowest BCUT2D eigenvalue weighted by Crippen LogP contribution is -2.02. The summed E-state index contributed by atoms with van der Waals surface area (Å²) in [5.41, 5.74) is 4.32. The fraction of sp³-hybridized carbons (Fsp3) is 0.188. The van der Waals surface area contributed by atoms with Crippen LogP contribution in [0.2, 0.25) is 10.0 Å². The number of nitrogens with zero attached hydrogens (tertiary/aromatic N) is 2. The van der Waals surface area contributed by atoms with Crippen LogP contribution in [0.1, 0.15) is 17.0 Å². The first-order valence-electron chi connectivity index (χ1n) is 6.52. The number of rotatable bonds is 2. The maximum atomic E-state index is 6.29. The highest BCUT2D eigenvalue weighted by molar-refractivity contribution is 9.10. The highest BCUT2D eigenvalue weighted by Crippen LogP contribution is 2.27. The lowest BCUT2D eigenvalue weighted by molar-refractivity contribution is 0.786. The summed E-state index contributed by atoms with van der Waals surface area (Å²) in [6, 6.07) is 9.76. The predicted molar refractivity (Wildman–Crippen MR) is 92.5 cm³/mol. The average Bonchev–Trinajstić information content (AvgIpc) is 2.70. The highest BCUT2D eigenvalue weighted by atomic mass is 79.9. The molecular weight excluding hydrogens is 371 g/mol. The molecule has 0 aliphatic heterocycles. The van der Waals surface area contributed by atoms with Crippen molar-refractivity contribution in [3.8, 4) is 0 Å². The third-order valence-electron chi connectivity index (χ3n) is 3.54. The van der Waals surface area contributed by atoms with Crippen molar-refractivity contribution in [3.63, 3.8) is 0 Å². The Morgan fingerprint density at radius 2 is 1.90 bits per heavy atom. The molecule has 0 radical (unpaired) electrons. The van der Waals surface area contributed by atoms with E-state index in [1.165, 1.54) is 0 Å². The number of aromatic nitrogens is 2. The van der Waals surface area contributed by atoms with Gasteiger partial charge in [-0.3, -0.25) is 0 Å². The topological polar surface area (TPSA) is 17.8 Å². The fourth-order valence-electron chi connectivity index (χ4n) is 2.49. The Balaban J connectivity index is 2.14.